The van der Waals surface area contributed by atoms with E-state index in [0.717, 1.165) is 6.42 Å². The fourth-order valence-electron chi connectivity index (χ4n) is 3.35. The van der Waals surface area contributed by atoms with Crippen LogP contribution < -0.4 is 10.1 Å². The standard InChI is InChI=1S/C17H22F3N3O4/c1-11-8-23(9-16(27-11)5-6-25-12(16)2)15(24)22-13-3-4-14(21-7-13)26-10-17(18,19)20/h3-4,7,11-12H,5-6,8-10H2,1-2H3,(H,22,24). The molecule has 1 N–H and O–H groups in total. The minimum atomic E-state index is -4.43. The van der Waals surface area contributed by atoms with Gasteiger partial charge in [0.15, 0.2) is 6.61 Å². The lowest BCUT2D eigenvalue weighted by atomic mass is 9.93. The smallest absolute Gasteiger partial charge is 0.422 e. The van der Waals surface area contributed by atoms with Crippen molar-refractivity contribution in [2.24, 2.45) is 0 Å². The van der Waals surface area contributed by atoms with E-state index in [1.165, 1.54) is 18.3 Å². The number of amides is 2. The van der Waals surface area contributed by atoms with E-state index in [1.54, 1.807) is 4.90 Å². The first-order valence-electron chi connectivity index (χ1n) is 8.68. The number of rotatable bonds is 3. The van der Waals surface area contributed by atoms with Gasteiger partial charge in [-0.15, -0.1) is 0 Å². The van der Waals surface area contributed by atoms with Gasteiger partial charge in [-0.25, -0.2) is 9.78 Å². The molecule has 7 nitrogen and oxygen atoms in total. The lowest BCUT2D eigenvalue weighted by Gasteiger charge is -2.44. The van der Waals surface area contributed by atoms with Gasteiger partial charge < -0.3 is 24.4 Å². The first-order chi connectivity index (χ1) is 12.7. The number of nitrogens with one attached hydrogen (secondary N) is 1. The summed E-state index contributed by atoms with van der Waals surface area (Å²) in [6, 6.07) is 2.39. The van der Waals surface area contributed by atoms with Crippen LogP contribution in [0, 0.1) is 0 Å². The topological polar surface area (TPSA) is 72.9 Å². The molecule has 1 aromatic rings. The summed E-state index contributed by atoms with van der Waals surface area (Å²) in [5.74, 6) is -0.166. The van der Waals surface area contributed by atoms with Gasteiger partial charge in [-0.05, 0) is 19.9 Å². The molecule has 0 bridgehead atoms. The number of aromatic nitrogens is 1. The molecule has 3 rings (SSSR count). The third kappa shape index (κ3) is 4.81. The molecular formula is C17H22F3N3O4. The number of anilines is 1. The Kier molecular flexibility index (Phi) is 5.48. The van der Waals surface area contributed by atoms with Gasteiger partial charge in [-0.1, -0.05) is 0 Å². The zero-order valence-corrected chi connectivity index (χ0v) is 15.1. The number of carbonyl (C=O) groups excluding carboxylic acids is 1. The first kappa shape index (κ1) is 19.7. The number of ether oxygens (including phenoxy) is 3. The molecule has 2 aliphatic rings. The van der Waals surface area contributed by atoms with E-state index in [4.69, 9.17) is 9.47 Å². The highest BCUT2D eigenvalue weighted by Crippen LogP contribution is 2.35. The average molecular weight is 389 g/mol. The molecule has 1 aromatic heterocycles. The van der Waals surface area contributed by atoms with E-state index in [1.807, 2.05) is 13.8 Å². The number of urea groups is 1. The molecule has 0 aliphatic carbocycles. The Labute approximate surface area is 154 Å². The lowest BCUT2D eigenvalue weighted by molar-refractivity contribution is -0.159. The quantitative estimate of drug-likeness (QED) is 0.861. The van der Waals surface area contributed by atoms with E-state index in [-0.39, 0.29) is 24.1 Å². The molecule has 1 spiro atoms. The Morgan fingerprint density at radius 2 is 2.22 bits per heavy atom. The zero-order chi connectivity index (χ0) is 19.7. The van der Waals surface area contributed by atoms with Gasteiger partial charge in [0.05, 0.1) is 30.6 Å². The Morgan fingerprint density at radius 3 is 2.81 bits per heavy atom. The monoisotopic (exact) mass is 389 g/mol. The second-order valence-corrected chi connectivity index (χ2v) is 6.86. The summed E-state index contributed by atoms with van der Waals surface area (Å²) in [6.07, 6.45) is -2.70. The Bertz CT molecular complexity index is 670. The number of alkyl halides is 3. The molecule has 3 atom stereocenters. The van der Waals surface area contributed by atoms with E-state index < -0.39 is 18.4 Å². The average Bonchev–Trinajstić information content (AvgIpc) is 2.92. The molecule has 2 aliphatic heterocycles. The second-order valence-electron chi connectivity index (χ2n) is 6.86. The molecule has 3 unspecified atom stereocenters. The van der Waals surface area contributed by atoms with Gasteiger partial charge >= 0.3 is 12.2 Å². The minimum absolute atomic E-state index is 0.109. The number of hydrogen-bond acceptors (Lipinski definition) is 5. The molecular weight excluding hydrogens is 367 g/mol. The third-order valence-electron chi connectivity index (χ3n) is 4.66. The molecule has 0 aromatic carbocycles. The van der Waals surface area contributed by atoms with Crippen LogP contribution in [0.2, 0.25) is 0 Å². The SMILES string of the molecule is CC1CN(C(=O)Nc2ccc(OCC(F)(F)F)nc2)CC2(CCOC2C)O1. The van der Waals surface area contributed by atoms with Crippen LogP contribution in [0.3, 0.4) is 0 Å². The largest absolute Gasteiger partial charge is 0.468 e. The predicted molar refractivity (Wildman–Crippen MR) is 89.7 cm³/mol. The summed E-state index contributed by atoms with van der Waals surface area (Å²) in [5, 5.41) is 2.70. The van der Waals surface area contributed by atoms with Crippen molar-refractivity contribution in [3.8, 4) is 5.88 Å². The van der Waals surface area contributed by atoms with E-state index >= 15 is 0 Å². The van der Waals surface area contributed by atoms with E-state index in [9.17, 15) is 18.0 Å². The molecule has 2 saturated heterocycles. The van der Waals surface area contributed by atoms with Crippen LogP contribution in [0.15, 0.2) is 18.3 Å². The van der Waals surface area contributed by atoms with Gasteiger partial charge in [0, 0.05) is 25.6 Å². The van der Waals surface area contributed by atoms with Crippen molar-refractivity contribution in [3.05, 3.63) is 18.3 Å². The summed E-state index contributed by atoms with van der Waals surface area (Å²) in [5.41, 5.74) is -0.147. The number of hydrogen-bond donors (Lipinski definition) is 1. The molecule has 150 valence electrons. The summed E-state index contributed by atoms with van der Waals surface area (Å²) in [4.78, 5) is 18.1. The number of morpholine rings is 1. The van der Waals surface area contributed by atoms with Crippen molar-refractivity contribution in [2.45, 2.75) is 44.3 Å². The first-order valence-corrected chi connectivity index (χ1v) is 8.68. The van der Waals surface area contributed by atoms with E-state index in [0.29, 0.717) is 25.4 Å². The maximum absolute atomic E-state index is 12.6. The lowest BCUT2D eigenvalue weighted by Crippen LogP contribution is -2.60. The van der Waals surface area contributed by atoms with E-state index in [2.05, 4.69) is 15.0 Å². The minimum Gasteiger partial charge on any atom is -0.468 e. The zero-order valence-electron chi connectivity index (χ0n) is 15.1. The Balaban J connectivity index is 1.59. The van der Waals surface area contributed by atoms with Gasteiger partial charge in [0.25, 0.3) is 0 Å². The van der Waals surface area contributed by atoms with Crippen molar-refractivity contribution in [3.63, 3.8) is 0 Å². The summed E-state index contributed by atoms with van der Waals surface area (Å²) in [7, 11) is 0. The molecule has 0 saturated carbocycles. The molecule has 3 heterocycles. The maximum Gasteiger partial charge on any atom is 0.422 e. The fourth-order valence-corrected chi connectivity index (χ4v) is 3.35. The van der Waals surface area contributed by atoms with Crippen LogP contribution in [0.5, 0.6) is 5.88 Å². The van der Waals surface area contributed by atoms with Crippen molar-refractivity contribution >= 4 is 11.7 Å². The third-order valence-corrected chi connectivity index (χ3v) is 4.66. The van der Waals surface area contributed by atoms with Crippen molar-refractivity contribution in [1.82, 2.24) is 9.88 Å². The van der Waals surface area contributed by atoms with Crippen LogP contribution in [0.1, 0.15) is 20.3 Å². The van der Waals surface area contributed by atoms with Gasteiger partial charge in [-0.3, -0.25) is 0 Å². The summed E-state index contributed by atoms with van der Waals surface area (Å²) >= 11 is 0. The Morgan fingerprint density at radius 1 is 1.44 bits per heavy atom. The molecule has 2 amide bonds. The van der Waals surface area contributed by atoms with Crippen LogP contribution in [0.4, 0.5) is 23.7 Å². The molecule has 10 heteroatoms. The van der Waals surface area contributed by atoms with Gasteiger partial charge in [0.2, 0.25) is 5.88 Å². The highest BCUT2D eigenvalue weighted by molar-refractivity contribution is 5.89. The van der Waals surface area contributed by atoms with Crippen LogP contribution in [-0.4, -0.2) is 66.2 Å². The van der Waals surface area contributed by atoms with Gasteiger partial charge in [0.1, 0.15) is 5.60 Å². The van der Waals surface area contributed by atoms with Gasteiger partial charge in [-0.2, -0.15) is 13.2 Å². The molecule has 2 fully saturated rings. The number of nitrogens with zero attached hydrogens (tertiary/aromatic N) is 2. The predicted octanol–water partition coefficient (Wildman–Crippen LogP) is 2.82. The maximum atomic E-state index is 12.6. The Hall–Kier alpha value is -2.07. The van der Waals surface area contributed by atoms with Crippen molar-refractivity contribution in [2.75, 3.05) is 31.6 Å². The highest BCUT2D eigenvalue weighted by Gasteiger charge is 2.48. The van der Waals surface area contributed by atoms with Crippen LogP contribution in [0.25, 0.3) is 0 Å². The number of pyridine rings is 1. The van der Waals surface area contributed by atoms with Crippen molar-refractivity contribution < 1.29 is 32.2 Å². The highest BCUT2D eigenvalue weighted by atomic mass is 19.4. The fraction of sp³-hybridized carbons (Fsp3) is 0.647. The second kappa shape index (κ2) is 7.51. The summed E-state index contributed by atoms with van der Waals surface area (Å²) < 4.78 is 52.7. The number of carbonyl (C=O) groups is 1. The van der Waals surface area contributed by atoms with Crippen LogP contribution in [-0.2, 0) is 9.47 Å². The molecule has 27 heavy (non-hydrogen) atoms. The normalized spacial score (nSPS) is 28.4. The van der Waals surface area contributed by atoms with Crippen molar-refractivity contribution in [1.29, 1.82) is 0 Å². The number of halogens is 3. The molecule has 0 radical (unpaired) electrons. The summed E-state index contributed by atoms with van der Waals surface area (Å²) in [6.45, 7) is 3.85. The van der Waals surface area contributed by atoms with Crippen LogP contribution >= 0.6 is 0 Å².